The van der Waals surface area contributed by atoms with Crippen LogP contribution >= 0.6 is 11.3 Å². The Hall–Kier alpha value is -4.05. The van der Waals surface area contributed by atoms with Crippen molar-refractivity contribution in [2.24, 2.45) is 0 Å². The smallest absolute Gasteiger partial charge is 0.177 e. The van der Waals surface area contributed by atoms with E-state index in [2.05, 4.69) is 35.1 Å². The van der Waals surface area contributed by atoms with Crippen LogP contribution in [0.25, 0.3) is 55.4 Å². The lowest BCUT2D eigenvalue weighted by atomic mass is 10.2. The van der Waals surface area contributed by atoms with Crippen molar-refractivity contribution < 1.29 is 4.39 Å². The summed E-state index contributed by atoms with van der Waals surface area (Å²) in [5, 5.41) is 8.00. The second-order valence-electron chi connectivity index (χ2n) is 6.52. The molecule has 0 spiro atoms. The Morgan fingerprint density at radius 3 is 2.67 bits per heavy atom. The largest absolute Gasteiger partial charge is 0.336 e. The molecule has 0 aromatic carbocycles. The highest BCUT2D eigenvalue weighted by molar-refractivity contribution is 7.13. The van der Waals surface area contributed by atoms with Crippen LogP contribution in [-0.2, 0) is 0 Å². The Labute approximate surface area is 171 Å². The molecule has 8 nitrogen and oxygen atoms in total. The second-order valence-corrected chi connectivity index (χ2v) is 7.56. The van der Waals surface area contributed by atoms with E-state index in [1.807, 2.05) is 12.1 Å². The van der Waals surface area contributed by atoms with Crippen molar-refractivity contribution in [3.8, 4) is 33.5 Å². The summed E-state index contributed by atoms with van der Waals surface area (Å²) in [7, 11) is 0. The number of rotatable bonds is 3. The standard InChI is InChI=1S/C20H11FN8S/c21-16-2-1-15(30-16)19-18-11(3-4-24-19)26-20(27-18)17-10-7-12(14-8-22-5-6-23-14)25-9-13(10)28-29-17/h1-9H,(H,26,27)(H,28,29). The van der Waals surface area contributed by atoms with E-state index < -0.39 is 0 Å². The summed E-state index contributed by atoms with van der Waals surface area (Å²) in [6.45, 7) is 0. The number of H-pyrrole nitrogens is 2. The predicted octanol–water partition coefficient (Wildman–Crippen LogP) is 4.22. The Morgan fingerprint density at radius 2 is 1.83 bits per heavy atom. The summed E-state index contributed by atoms with van der Waals surface area (Å²) < 4.78 is 13.5. The molecule has 0 atom stereocenters. The van der Waals surface area contributed by atoms with Gasteiger partial charge in [-0.25, -0.2) is 4.98 Å². The van der Waals surface area contributed by atoms with Crippen LogP contribution in [-0.4, -0.2) is 40.1 Å². The number of halogens is 1. The van der Waals surface area contributed by atoms with E-state index in [0.29, 0.717) is 34.1 Å². The van der Waals surface area contributed by atoms with Crippen LogP contribution < -0.4 is 0 Å². The van der Waals surface area contributed by atoms with Gasteiger partial charge in [0, 0.05) is 24.0 Å². The van der Waals surface area contributed by atoms with Gasteiger partial charge in [-0.3, -0.25) is 25.0 Å². The molecular weight excluding hydrogens is 403 g/mol. The molecule has 0 unspecified atom stereocenters. The fraction of sp³-hybridized carbons (Fsp3) is 0. The third kappa shape index (κ3) is 2.65. The zero-order valence-electron chi connectivity index (χ0n) is 15.2. The van der Waals surface area contributed by atoms with E-state index in [4.69, 9.17) is 4.98 Å². The van der Waals surface area contributed by atoms with Crippen LogP contribution in [0, 0.1) is 5.13 Å². The summed E-state index contributed by atoms with van der Waals surface area (Å²) in [5.74, 6) is 0.582. The zero-order chi connectivity index (χ0) is 20.1. The number of fused-ring (bicyclic) bond motifs is 2. The first-order valence-corrected chi connectivity index (χ1v) is 9.79. The van der Waals surface area contributed by atoms with Gasteiger partial charge < -0.3 is 4.98 Å². The molecule has 0 aliphatic carbocycles. The minimum Gasteiger partial charge on any atom is -0.336 e. The Morgan fingerprint density at radius 1 is 0.867 bits per heavy atom. The zero-order valence-corrected chi connectivity index (χ0v) is 16.0. The molecule has 6 aromatic heterocycles. The van der Waals surface area contributed by atoms with E-state index in [9.17, 15) is 4.39 Å². The van der Waals surface area contributed by atoms with Gasteiger partial charge in [0.25, 0.3) is 0 Å². The molecule has 6 aromatic rings. The van der Waals surface area contributed by atoms with Gasteiger partial charge >= 0.3 is 0 Å². The van der Waals surface area contributed by atoms with Crippen LogP contribution in [0.1, 0.15) is 0 Å². The van der Waals surface area contributed by atoms with Crippen molar-refractivity contribution in [3.05, 3.63) is 60.4 Å². The van der Waals surface area contributed by atoms with Crippen LogP contribution in [0.4, 0.5) is 4.39 Å². The topological polar surface area (TPSA) is 109 Å². The van der Waals surface area contributed by atoms with E-state index in [0.717, 1.165) is 32.6 Å². The molecule has 10 heteroatoms. The molecule has 144 valence electrons. The number of hydrogen-bond acceptors (Lipinski definition) is 7. The van der Waals surface area contributed by atoms with Crippen LogP contribution in [0.3, 0.4) is 0 Å². The fourth-order valence-corrected chi connectivity index (χ4v) is 4.07. The van der Waals surface area contributed by atoms with E-state index in [-0.39, 0.29) is 5.13 Å². The van der Waals surface area contributed by atoms with Gasteiger partial charge in [0.1, 0.15) is 22.6 Å². The predicted molar refractivity (Wildman–Crippen MR) is 111 cm³/mol. The number of nitrogens with zero attached hydrogens (tertiary/aromatic N) is 6. The minimum absolute atomic E-state index is 0.262. The molecule has 0 fully saturated rings. The number of imidazole rings is 1. The lowest BCUT2D eigenvalue weighted by Gasteiger charge is -1.99. The third-order valence-electron chi connectivity index (χ3n) is 4.70. The second kappa shape index (κ2) is 6.49. The first-order chi connectivity index (χ1) is 14.8. The Balaban J connectivity index is 1.52. The van der Waals surface area contributed by atoms with Crippen LogP contribution in [0.15, 0.2) is 55.2 Å². The van der Waals surface area contributed by atoms with E-state index >= 15 is 0 Å². The average molecular weight is 414 g/mol. The monoisotopic (exact) mass is 414 g/mol. The molecule has 2 N–H and O–H groups in total. The number of pyridine rings is 2. The van der Waals surface area contributed by atoms with Crippen molar-refractivity contribution in [3.63, 3.8) is 0 Å². The van der Waals surface area contributed by atoms with Gasteiger partial charge in [0.2, 0.25) is 0 Å². The Kier molecular flexibility index (Phi) is 3.65. The number of nitrogens with one attached hydrogen (secondary N) is 2. The molecular formula is C20H11FN8S. The van der Waals surface area contributed by atoms with Gasteiger partial charge in [-0.15, -0.1) is 11.3 Å². The molecule has 0 aliphatic rings. The number of hydrogen-bond donors (Lipinski definition) is 2. The van der Waals surface area contributed by atoms with Gasteiger partial charge in [0.05, 0.1) is 34.0 Å². The number of thiophene rings is 1. The summed E-state index contributed by atoms with van der Waals surface area (Å²) in [5.41, 5.74) is 4.87. The van der Waals surface area contributed by atoms with Crippen molar-refractivity contribution in [1.29, 1.82) is 0 Å². The summed E-state index contributed by atoms with van der Waals surface area (Å²) in [4.78, 5) is 26.0. The lowest BCUT2D eigenvalue weighted by molar-refractivity contribution is 0.657. The number of aromatic amines is 2. The summed E-state index contributed by atoms with van der Waals surface area (Å²) in [6, 6.07) is 6.87. The normalized spacial score (nSPS) is 11.5. The van der Waals surface area contributed by atoms with Crippen LogP contribution in [0.5, 0.6) is 0 Å². The maximum Gasteiger partial charge on any atom is 0.177 e. The van der Waals surface area contributed by atoms with Gasteiger partial charge in [0.15, 0.2) is 11.0 Å². The summed E-state index contributed by atoms with van der Waals surface area (Å²) in [6.07, 6.45) is 8.28. The molecule has 0 bridgehead atoms. The van der Waals surface area contributed by atoms with Crippen molar-refractivity contribution in [2.45, 2.75) is 0 Å². The molecule has 30 heavy (non-hydrogen) atoms. The average Bonchev–Trinajstić information content (AvgIpc) is 3.51. The maximum absolute atomic E-state index is 13.5. The molecule has 0 aliphatic heterocycles. The first-order valence-electron chi connectivity index (χ1n) is 8.97. The molecule has 0 amide bonds. The third-order valence-corrected chi connectivity index (χ3v) is 5.59. The molecule has 0 radical (unpaired) electrons. The summed E-state index contributed by atoms with van der Waals surface area (Å²) >= 11 is 1.04. The molecule has 6 rings (SSSR count). The van der Waals surface area contributed by atoms with Crippen LogP contribution in [0.2, 0.25) is 0 Å². The lowest BCUT2D eigenvalue weighted by Crippen LogP contribution is -1.88. The van der Waals surface area contributed by atoms with Crippen molar-refractivity contribution in [1.82, 2.24) is 40.1 Å². The first kappa shape index (κ1) is 16.9. The molecule has 0 saturated carbocycles. The Bertz CT molecular complexity index is 1520. The molecule has 6 heterocycles. The SMILES string of the molecule is Fc1ccc(-c2nccc3[nH]c(-c4n[nH]c5cnc(-c6cnccn6)cc45)nc23)s1. The highest BCUT2D eigenvalue weighted by atomic mass is 32.1. The minimum atomic E-state index is -0.262. The fourth-order valence-electron chi connectivity index (χ4n) is 3.34. The van der Waals surface area contributed by atoms with E-state index in [1.54, 1.807) is 37.1 Å². The number of aromatic nitrogens is 8. The van der Waals surface area contributed by atoms with Crippen molar-refractivity contribution >= 4 is 33.3 Å². The van der Waals surface area contributed by atoms with Gasteiger partial charge in [-0.05, 0) is 24.3 Å². The molecule has 0 saturated heterocycles. The maximum atomic E-state index is 13.5. The van der Waals surface area contributed by atoms with Gasteiger partial charge in [-0.2, -0.15) is 9.49 Å². The van der Waals surface area contributed by atoms with Gasteiger partial charge in [-0.1, -0.05) is 0 Å². The quantitative estimate of drug-likeness (QED) is 0.449. The van der Waals surface area contributed by atoms with E-state index in [1.165, 1.54) is 6.07 Å². The van der Waals surface area contributed by atoms with Crippen molar-refractivity contribution in [2.75, 3.05) is 0 Å². The highest BCUT2D eigenvalue weighted by Crippen LogP contribution is 2.33. The highest BCUT2D eigenvalue weighted by Gasteiger charge is 2.17.